The van der Waals surface area contributed by atoms with Crippen molar-refractivity contribution in [3.05, 3.63) is 89.1 Å². The molecule has 2 aromatic carbocycles. The van der Waals surface area contributed by atoms with Gasteiger partial charge in [0, 0.05) is 11.6 Å². The topological polar surface area (TPSA) is 88.6 Å². The number of carbonyl (C=O) groups excluding carboxylic acids is 3. The number of pyridine rings is 1. The predicted octanol–water partition coefficient (Wildman–Crippen LogP) is 3.14. The zero-order valence-electron chi connectivity index (χ0n) is 15.6. The minimum Gasteiger partial charge on any atom is -0.481 e. The molecule has 2 heterocycles. The molecule has 7 heteroatoms. The third-order valence-electron chi connectivity index (χ3n) is 4.61. The van der Waals surface area contributed by atoms with Gasteiger partial charge in [-0.25, -0.2) is 4.98 Å². The number of nitrogens with zero attached hydrogens (tertiary/aromatic N) is 2. The van der Waals surface area contributed by atoms with E-state index < -0.39 is 0 Å². The Kier molecular flexibility index (Phi) is 4.78. The standard InChI is InChI=1S/C22H17N3O4/c1-29-19-10-9-16(12-23-19)24-20(26)15-6-4-5-14(11-15)13-25-21(27)17-7-2-3-8-18(17)22(25)28/h2-12H,13H2,1H3,(H,24,26). The molecule has 0 spiro atoms. The number of carbonyl (C=O) groups is 3. The summed E-state index contributed by atoms with van der Waals surface area (Å²) in [6.07, 6.45) is 1.50. The van der Waals surface area contributed by atoms with Crippen LogP contribution in [0.4, 0.5) is 5.69 Å². The number of methoxy groups -OCH3 is 1. The van der Waals surface area contributed by atoms with Crippen molar-refractivity contribution in [1.82, 2.24) is 9.88 Å². The lowest BCUT2D eigenvalue weighted by Gasteiger charge is -2.14. The molecule has 0 atom stereocenters. The van der Waals surface area contributed by atoms with E-state index >= 15 is 0 Å². The average Bonchev–Trinajstić information content (AvgIpc) is 2.99. The Morgan fingerprint density at radius 2 is 1.72 bits per heavy atom. The fourth-order valence-corrected chi connectivity index (χ4v) is 3.15. The molecule has 0 saturated heterocycles. The molecular formula is C22H17N3O4. The molecule has 1 aliphatic heterocycles. The molecule has 0 unspecified atom stereocenters. The number of aromatic nitrogens is 1. The Hall–Kier alpha value is -4.00. The zero-order chi connectivity index (χ0) is 20.4. The van der Waals surface area contributed by atoms with Crippen LogP contribution in [0.1, 0.15) is 36.6 Å². The molecule has 1 N–H and O–H groups in total. The minimum absolute atomic E-state index is 0.0948. The average molecular weight is 387 g/mol. The monoisotopic (exact) mass is 387 g/mol. The summed E-state index contributed by atoms with van der Waals surface area (Å²) in [6.45, 7) is 0.0948. The van der Waals surface area contributed by atoms with E-state index in [1.165, 1.54) is 18.2 Å². The van der Waals surface area contributed by atoms with E-state index in [0.29, 0.717) is 33.8 Å². The summed E-state index contributed by atoms with van der Waals surface area (Å²) < 4.78 is 4.99. The first kappa shape index (κ1) is 18.4. The second kappa shape index (κ2) is 7.55. The van der Waals surface area contributed by atoms with Gasteiger partial charge in [0.05, 0.1) is 36.7 Å². The minimum atomic E-state index is -0.329. The van der Waals surface area contributed by atoms with Gasteiger partial charge < -0.3 is 10.1 Å². The third-order valence-corrected chi connectivity index (χ3v) is 4.61. The van der Waals surface area contributed by atoms with Crippen LogP contribution in [0.25, 0.3) is 0 Å². The summed E-state index contributed by atoms with van der Waals surface area (Å²) in [5, 5.41) is 2.76. The molecule has 0 radical (unpaired) electrons. The molecule has 3 amide bonds. The maximum Gasteiger partial charge on any atom is 0.261 e. The summed E-state index contributed by atoms with van der Waals surface area (Å²) in [4.78, 5) is 42.8. The van der Waals surface area contributed by atoms with E-state index in [1.807, 2.05) is 0 Å². The normalized spacial score (nSPS) is 12.7. The summed E-state index contributed by atoms with van der Waals surface area (Å²) in [6, 6.07) is 16.9. The lowest BCUT2D eigenvalue weighted by Crippen LogP contribution is -2.29. The third kappa shape index (κ3) is 3.58. The molecule has 0 aliphatic carbocycles. The van der Waals surface area contributed by atoms with Crippen molar-refractivity contribution in [2.45, 2.75) is 6.54 Å². The fraction of sp³-hybridized carbons (Fsp3) is 0.0909. The van der Waals surface area contributed by atoms with Crippen molar-refractivity contribution in [2.24, 2.45) is 0 Å². The first-order chi connectivity index (χ1) is 14.1. The number of nitrogens with one attached hydrogen (secondary N) is 1. The Morgan fingerprint density at radius 1 is 1.00 bits per heavy atom. The largest absolute Gasteiger partial charge is 0.481 e. The molecule has 4 rings (SSSR count). The van der Waals surface area contributed by atoms with Crippen LogP contribution in [0.15, 0.2) is 66.9 Å². The van der Waals surface area contributed by atoms with Crippen molar-refractivity contribution >= 4 is 23.4 Å². The Labute approximate surface area is 166 Å². The molecule has 144 valence electrons. The SMILES string of the molecule is COc1ccc(NC(=O)c2cccc(CN3C(=O)c4ccccc4C3=O)c2)cn1. The lowest BCUT2D eigenvalue weighted by atomic mass is 10.1. The molecule has 0 bridgehead atoms. The molecule has 29 heavy (non-hydrogen) atoms. The van der Waals surface area contributed by atoms with Gasteiger partial charge in [0.15, 0.2) is 0 Å². The number of hydrogen-bond donors (Lipinski definition) is 1. The molecule has 1 aromatic heterocycles. The molecule has 7 nitrogen and oxygen atoms in total. The van der Waals surface area contributed by atoms with E-state index in [2.05, 4.69) is 10.3 Å². The molecular weight excluding hydrogens is 370 g/mol. The number of anilines is 1. The van der Waals surface area contributed by atoms with Crippen molar-refractivity contribution in [2.75, 3.05) is 12.4 Å². The molecule has 0 saturated carbocycles. The quantitative estimate of drug-likeness (QED) is 0.680. The van der Waals surface area contributed by atoms with Gasteiger partial charge in [-0.05, 0) is 35.9 Å². The van der Waals surface area contributed by atoms with Crippen molar-refractivity contribution in [3.63, 3.8) is 0 Å². The highest BCUT2D eigenvalue weighted by Gasteiger charge is 2.34. The molecule has 0 fully saturated rings. The fourth-order valence-electron chi connectivity index (χ4n) is 3.15. The van der Waals surface area contributed by atoms with Gasteiger partial charge in [0.25, 0.3) is 17.7 Å². The first-order valence-corrected chi connectivity index (χ1v) is 8.92. The van der Waals surface area contributed by atoms with Gasteiger partial charge >= 0.3 is 0 Å². The summed E-state index contributed by atoms with van der Waals surface area (Å²) >= 11 is 0. The van der Waals surface area contributed by atoms with Gasteiger partial charge in [-0.1, -0.05) is 24.3 Å². The van der Waals surface area contributed by atoms with Gasteiger partial charge in [0.1, 0.15) is 0 Å². The number of benzene rings is 2. The molecule has 3 aromatic rings. The maximum absolute atomic E-state index is 12.5. The van der Waals surface area contributed by atoms with Crippen molar-refractivity contribution in [3.8, 4) is 5.88 Å². The Balaban J connectivity index is 1.49. The van der Waals surface area contributed by atoms with Gasteiger partial charge in [-0.3, -0.25) is 19.3 Å². The Bertz CT molecular complexity index is 1070. The highest BCUT2D eigenvalue weighted by molar-refractivity contribution is 6.21. The van der Waals surface area contributed by atoms with E-state index in [0.717, 1.165) is 0 Å². The zero-order valence-corrected chi connectivity index (χ0v) is 15.6. The van der Waals surface area contributed by atoms with Crippen LogP contribution < -0.4 is 10.1 Å². The number of hydrogen-bond acceptors (Lipinski definition) is 5. The van der Waals surface area contributed by atoms with Crippen molar-refractivity contribution in [1.29, 1.82) is 0 Å². The lowest BCUT2D eigenvalue weighted by molar-refractivity contribution is 0.0642. The van der Waals surface area contributed by atoms with Gasteiger partial charge in [-0.15, -0.1) is 0 Å². The predicted molar refractivity (Wildman–Crippen MR) is 106 cm³/mol. The van der Waals surface area contributed by atoms with Crippen LogP contribution in [-0.4, -0.2) is 34.7 Å². The second-order valence-corrected chi connectivity index (χ2v) is 6.49. The highest BCUT2D eigenvalue weighted by Crippen LogP contribution is 2.24. The van der Waals surface area contributed by atoms with Crippen LogP contribution in [0, 0.1) is 0 Å². The van der Waals surface area contributed by atoms with E-state index in [9.17, 15) is 14.4 Å². The van der Waals surface area contributed by atoms with Crippen LogP contribution in [-0.2, 0) is 6.54 Å². The Morgan fingerprint density at radius 3 is 2.34 bits per heavy atom. The summed E-state index contributed by atoms with van der Waals surface area (Å²) in [5.74, 6) is -0.526. The van der Waals surface area contributed by atoms with E-state index in [4.69, 9.17) is 4.74 Å². The molecule has 1 aliphatic rings. The maximum atomic E-state index is 12.5. The van der Waals surface area contributed by atoms with Crippen molar-refractivity contribution < 1.29 is 19.1 Å². The summed E-state index contributed by atoms with van der Waals surface area (Å²) in [7, 11) is 1.51. The number of ether oxygens (including phenoxy) is 1. The first-order valence-electron chi connectivity index (χ1n) is 8.92. The number of amides is 3. The number of fused-ring (bicyclic) bond motifs is 1. The van der Waals surface area contributed by atoms with Crippen LogP contribution in [0.5, 0.6) is 5.88 Å². The van der Waals surface area contributed by atoms with E-state index in [1.54, 1.807) is 60.7 Å². The van der Waals surface area contributed by atoms with E-state index in [-0.39, 0.29) is 24.3 Å². The van der Waals surface area contributed by atoms with Crippen LogP contribution >= 0.6 is 0 Å². The second-order valence-electron chi connectivity index (χ2n) is 6.49. The number of rotatable bonds is 5. The smallest absolute Gasteiger partial charge is 0.261 e. The van der Waals surface area contributed by atoms with Gasteiger partial charge in [0.2, 0.25) is 5.88 Å². The number of imide groups is 1. The summed E-state index contributed by atoms with van der Waals surface area (Å²) in [5.41, 5.74) is 2.42. The van der Waals surface area contributed by atoms with Gasteiger partial charge in [-0.2, -0.15) is 0 Å². The highest BCUT2D eigenvalue weighted by atomic mass is 16.5. The van der Waals surface area contributed by atoms with Crippen LogP contribution in [0.3, 0.4) is 0 Å². The van der Waals surface area contributed by atoms with Crippen LogP contribution in [0.2, 0.25) is 0 Å².